The van der Waals surface area contributed by atoms with Crippen LogP contribution in [0.15, 0.2) is 96.3 Å². The van der Waals surface area contributed by atoms with Crippen LogP contribution in [0.4, 0.5) is 28.4 Å². The smallest absolute Gasteiger partial charge is 0.299 e. The van der Waals surface area contributed by atoms with Crippen LogP contribution in [0.25, 0.3) is 11.0 Å². The number of aryl methyl sites for hydroxylation is 1. The Morgan fingerprint density at radius 3 is 2.09 bits per heavy atom. The summed E-state index contributed by atoms with van der Waals surface area (Å²) in [5.74, 6) is -2.21. The summed E-state index contributed by atoms with van der Waals surface area (Å²) in [6, 6.07) is 15.0. The van der Waals surface area contributed by atoms with E-state index in [0.29, 0.717) is 59.4 Å². The van der Waals surface area contributed by atoms with E-state index in [0.717, 1.165) is 36.4 Å². The van der Waals surface area contributed by atoms with Crippen molar-refractivity contribution in [1.82, 2.24) is 34.8 Å². The van der Waals surface area contributed by atoms with E-state index in [-0.39, 0.29) is 88.5 Å². The molecule has 6 aromatic rings. The van der Waals surface area contributed by atoms with Crippen molar-refractivity contribution in [1.29, 1.82) is 0 Å². The van der Waals surface area contributed by atoms with Gasteiger partial charge in [-0.05, 0) is 50.1 Å². The van der Waals surface area contributed by atoms with Crippen molar-refractivity contribution in [2.45, 2.75) is 56.3 Å². The van der Waals surface area contributed by atoms with Gasteiger partial charge in [0.25, 0.3) is 40.3 Å². The van der Waals surface area contributed by atoms with E-state index >= 15 is 0 Å². The first-order valence-electron chi connectivity index (χ1n) is 24.3. The highest BCUT2D eigenvalue weighted by Crippen LogP contribution is 2.40. The predicted octanol–water partition coefficient (Wildman–Crippen LogP) is 5.98. The molecule has 1 aliphatic rings. The molecule has 3 aromatic heterocycles. The number of pyridine rings is 1. The molecule has 0 aliphatic carbocycles. The topological polar surface area (TPSA) is 356 Å². The molecule has 29 heteroatoms. The average Bonchev–Trinajstić information content (AvgIpc) is 4.09. The number of aromatic amines is 1. The van der Waals surface area contributed by atoms with Crippen molar-refractivity contribution < 1.29 is 57.8 Å². The Morgan fingerprint density at radius 1 is 0.782 bits per heavy atom. The fourth-order valence-electron chi connectivity index (χ4n) is 8.34. The maximum absolute atomic E-state index is 13.6. The molecule has 28 nitrogen and oxygen atoms in total. The van der Waals surface area contributed by atoms with Crippen LogP contribution in [0.3, 0.4) is 0 Å². The molecule has 2 amide bonds. The number of benzene rings is 3. The second-order valence-corrected chi connectivity index (χ2v) is 18.4. The number of carbonyl (C=O) groups excluding carboxylic acids is 4. The molecule has 2 atom stereocenters. The van der Waals surface area contributed by atoms with Crippen molar-refractivity contribution in [3.8, 4) is 5.75 Å². The van der Waals surface area contributed by atoms with E-state index < -0.39 is 83.4 Å². The number of hydrogen-bond acceptors (Lipinski definition) is 21. The van der Waals surface area contributed by atoms with Gasteiger partial charge >= 0.3 is 0 Å². The van der Waals surface area contributed by atoms with E-state index in [1.54, 1.807) is 53.0 Å². The Kier molecular flexibility index (Phi) is 19.9. The Morgan fingerprint density at radius 2 is 1.42 bits per heavy atom. The Hall–Kier alpha value is -8.80. The minimum atomic E-state index is -1.42. The highest BCUT2D eigenvalue weighted by atomic mass is 32.2. The van der Waals surface area contributed by atoms with Gasteiger partial charge in [-0.2, -0.15) is 0 Å². The van der Waals surface area contributed by atoms with Gasteiger partial charge in [0.2, 0.25) is 0 Å². The minimum absolute atomic E-state index is 0.0612. The summed E-state index contributed by atoms with van der Waals surface area (Å²) in [7, 11) is 0. The third-order valence-corrected chi connectivity index (χ3v) is 13.3. The largest absolute Gasteiger partial charge is 0.490 e. The average molecular weight is 1100 g/mol. The number of carbonyl (C=O) groups is 4. The maximum atomic E-state index is 13.6. The molecule has 1 fully saturated rings. The van der Waals surface area contributed by atoms with Crippen LogP contribution in [0.5, 0.6) is 5.75 Å². The van der Waals surface area contributed by atoms with Gasteiger partial charge in [-0.25, -0.2) is 4.98 Å². The number of ketones is 2. The number of H-pyrrole nitrogens is 1. The lowest BCUT2D eigenvalue weighted by atomic mass is 10.1. The van der Waals surface area contributed by atoms with Crippen molar-refractivity contribution in [3.63, 3.8) is 0 Å². The maximum Gasteiger partial charge on any atom is 0.299 e. The number of anilines is 1. The molecule has 3 aromatic carbocycles. The Bertz CT molecular complexity index is 3090. The third-order valence-electron chi connectivity index (χ3n) is 12.1. The van der Waals surface area contributed by atoms with E-state index in [9.17, 15) is 59.6 Å². The lowest BCUT2D eigenvalue weighted by molar-refractivity contribution is -0.399. The number of ether oxygens (including phenoxy) is 4. The summed E-state index contributed by atoms with van der Waals surface area (Å²) in [5.41, 5.74) is -1.60. The second kappa shape index (κ2) is 27.3. The van der Waals surface area contributed by atoms with Crippen LogP contribution in [0.1, 0.15) is 52.6 Å². The van der Waals surface area contributed by atoms with Crippen LogP contribution in [-0.2, 0) is 37.0 Å². The summed E-state index contributed by atoms with van der Waals surface area (Å²) in [5, 5.41) is 58.3. The van der Waals surface area contributed by atoms with E-state index in [4.69, 9.17) is 18.9 Å². The molecule has 0 radical (unpaired) electrons. The number of rotatable bonds is 30. The number of amides is 2. The predicted molar refractivity (Wildman–Crippen MR) is 277 cm³/mol. The molecule has 0 unspecified atom stereocenters. The number of nitro groups is 4. The van der Waals surface area contributed by atoms with Gasteiger partial charge in [0.15, 0.2) is 16.4 Å². The molecule has 0 bridgehead atoms. The summed E-state index contributed by atoms with van der Waals surface area (Å²) in [4.78, 5) is 108. The number of aromatic nitrogens is 5. The molecule has 1 aliphatic heterocycles. The zero-order valence-corrected chi connectivity index (χ0v) is 42.7. The van der Waals surface area contributed by atoms with Crippen molar-refractivity contribution >= 4 is 74.6 Å². The molecule has 0 saturated carbocycles. The molecule has 2 N–H and O–H groups in total. The zero-order chi connectivity index (χ0) is 55.7. The standard InChI is InChI=1S/C49H52N12O16S/c1-32-28-55(48(64)33-9-3-2-4-10-33)19-20-57(32)49(65)45(63)35-27-51-47-43(35)42(16-17-50-47)77-26-25-75-22-8-18-56-29-34(53-54-56)30-76-24-23-74-21-7-15-41(62)36(52-44-37(58(66)67)11-5-12-38(44)59(68)69)31-78-46-39(60(70)71)13-6-14-40(46)61(72)73/h2-6,9-14,16-17,27,29,32,36,52H,7-8,15,18-26,28,30-31H2,1H3,(H,50,51)/t32-,36+/m1/s1. The molecular weight excluding hydrogens is 1040 g/mol. The van der Waals surface area contributed by atoms with Crippen LogP contribution in [-0.4, -0.2) is 155 Å². The number of nitro benzene ring substituents is 4. The highest BCUT2D eigenvalue weighted by molar-refractivity contribution is 7.99. The molecule has 0 spiro atoms. The molecular formula is C49H52N12O16S. The number of nitrogens with zero attached hydrogens (tertiary/aromatic N) is 10. The van der Waals surface area contributed by atoms with Crippen molar-refractivity contribution in [2.24, 2.45) is 0 Å². The number of nitrogens with one attached hydrogen (secondary N) is 2. The first kappa shape index (κ1) is 56.9. The van der Waals surface area contributed by atoms with Crippen LogP contribution < -0.4 is 10.1 Å². The molecule has 78 heavy (non-hydrogen) atoms. The van der Waals surface area contributed by atoms with Crippen LogP contribution in [0.2, 0.25) is 0 Å². The molecule has 1 saturated heterocycles. The normalized spacial score (nSPS) is 13.7. The molecule has 410 valence electrons. The summed E-state index contributed by atoms with van der Waals surface area (Å²) >= 11 is 0.580. The number of para-hydroxylation sites is 1. The number of hydrogen-bond donors (Lipinski definition) is 2. The summed E-state index contributed by atoms with van der Waals surface area (Å²) < 4.78 is 24.6. The van der Waals surface area contributed by atoms with Gasteiger partial charge in [0.05, 0.1) is 69.3 Å². The lowest BCUT2D eigenvalue weighted by Gasteiger charge is -2.39. The van der Waals surface area contributed by atoms with Crippen molar-refractivity contribution in [2.75, 3.05) is 70.3 Å². The van der Waals surface area contributed by atoms with Gasteiger partial charge in [0, 0.05) is 99.8 Å². The Labute approximate surface area is 446 Å². The van der Waals surface area contributed by atoms with E-state index in [1.165, 1.54) is 17.3 Å². The van der Waals surface area contributed by atoms with E-state index in [2.05, 4.69) is 25.6 Å². The number of thioether (sulfide) groups is 1. The summed E-state index contributed by atoms with van der Waals surface area (Å²) in [6.07, 6.45) is 5.20. The van der Waals surface area contributed by atoms with Crippen LogP contribution >= 0.6 is 11.8 Å². The SMILES string of the molecule is C[C@@H]1CN(C(=O)c2ccccc2)CCN1C(=O)C(=O)c1c[nH]c2nccc(OCCOCCCn3cc(COCCOCCCC(=O)[C@H](CSc4c([N+](=O)[O-])cccc4[N+](=O)[O-])Nc4c([N+](=O)[O-])cccc4[N+](=O)[O-])nn3)c12. The quantitative estimate of drug-likeness (QED) is 0.0131. The highest BCUT2D eigenvalue weighted by Gasteiger charge is 2.36. The first-order chi connectivity index (χ1) is 37.6. The van der Waals surface area contributed by atoms with Gasteiger partial charge in [-0.3, -0.25) is 64.3 Å². The number of piperazine rings is 1. The monoisotopic (exact) mass is 1100 g/mol. The zero-order valence-electron chi connectivity index (χ0n) is 41.8. The minimum Gasteiger partial charge on any atom is -0.490 e. The molecule has 7 rings (SSSR count). The second-order valence-electron chi connectivity index (χ2n) is 17.4. The lowest BCUT2D eigenvalue weighted by Crippen LogP contribution is -2.56. The van der Waals surface area contributed by atoms with Gasteiger partial charge in [-0.1, -0.05) is 23.4 Å². The van der Waals surface area contributed by atoms with Gasteiger partial charge in [-0.15, -0.1) is 16.9 Å². The van der Waals surface area contributed by atoms with Gasteiger partial charge in [0.1, 0.15) is 23.7 Å². The fourth-order valence-corrected chi connectivity index (χ4v) is 9.52. The molecule has 4 heterocycles. The number of Topliss-reactive ketones (excluding diaryl/α,β-unsaturated/α-hetero) is 2. The summed E-state index contributed by atoms with van der Waals surface area (Å²) in [6.45, 7) is 4.24. The fraction of sp³-hybridized carbons (Fsp3) is 0.367. The van der Waals surface area contributed by atoms with Gasteiger partial charge < -0.3 is 39.0 Å². The third kappa shape index (κ3) is 14.6. The van der Waals surface area contributed by atoms with E-state index in [1.807, 2.05) is 6.07 Å². The Balaban J connectivity index is 0.796. The van der Waals surface area contributed by atoms with Crippen LogP contribution in [0, 0.1) is 40.5 Å². The number of fused-ring (bicyclic) bond motifs is 1. The first-order valence-corrected chi connectivity index (χ1v) is 25.3. The van der Waals surface area contributed by atoms with Crippen molar-refractivity contribution in [3.05, 3.63) is 149 Å².